The van der Waals surface area contributed by atoms with Crippen LogP contribution in [0.2, 0.25) is 0 Å². The molecule has 0 radical (unpaired) electrons. The van der Waals surface area contributed by atoms with E-state index >= 15 is 0 Å². The minimum atomic E-state index is -0.214. The molecule has 0 fully saturated rings. The molecule has 0 spiro atoms. The lowest BCUT2D eigenvalue weighted by molar-refractivity contribution is 0.404. The van der Waals surface area contributed by atoms with E-state index in [4.69, 9.17) is 21.7 Å². The summed E-state index contributed by atoms with van der Waals surface area (Å²) in [6, 6.07) is 22.9. The Morgan fingerprint density at radius 3 is 2.44 bits per heavy atom. The van der Waals surface area contributed by atoms with Gasteiger partial charge < -0.3 is 9.84 Å². The van der Waals surface area contributed by atoms with Gasteiger partial charge in [-0.1, -0.05) is 72.2 Å². The zero-order chi connectivity index (χ0) is 25.4. The normalized spacial score (nSPS) is 15.9. The molecule has 5 nitrogen and oxygen atoms in total. The van der Waals surface area contributed by atoms with E-state index in [-0.39, 0.29) is 6.04 Å². The molecular weight excluding hydrogens is 464 g/mol. The Morgan fingerprint density at radius 1 is 0.944 bits per heavy atom. The maximum Gasteiger partial charge on any atom is 0.258 e. The number of allylic oxidation sites excluding steroid dienone is 1. The molecule has 182 valence electrons. The van der Waals surface area contributed by atoms with Crippen molar-refractivity contribution in [3.63, 3.8) is 0 Å². The second-order valence-electron chi connectivity index (χ2n) is 9.37. The van der Waals surface area contributed by atoms with Crippen molar-refractivity contribution in [3.8, 4) is 11.4 Å². The number of anilines is 1. The molecule has 0 saturated carbocycles. The molecule has 2 heterocycles. The fourth-order valence-electron chi connectivity index (χ4n) is 4.59. The van der Waals surface area contributed by atoms with Crippen molar-refractivity contribution < 1.29 is 4.52 Å². The summed E-state index contributed by atoms with van der Waals surface area (Å²) in [5.41, 5.74) is 9.83. The summed E-state index contributed by atoms with van der Waals surface area (Å²) in [5.74, 6) is 1.05. The number of rotatable bonds is 5. The van der Waals surface area contributed by atoms with E-state index in [0.29, 0.717) is 16.8 Å². The predicted octanol–water partition coefficient (Wildman–Crippen LogP) is 7.09. The van der Waals surface area contributed by atoms with Gasteiger partial charge in [0.05, 0.1) is 11.6 Å². The van der Waals surface area contributed by atoms with Crippen molar-refractivity contribution in [2.45, 2.75) is 47.1 Å². The van der Waals surface area contributed by atoms with E-state index in [1.54, 1.807) is 0 Å². The molecule has 0 bridgehead atoms. The molecule has 1 aliphatic rings. The number of thiocarbonyl (C=S) groups is 1. The number of hydrogen-bond acceptors (Lipinski definition) is 4. The Kier molecular flexibility index (Phi) is 6.46. The van der Waals surface area contributed by atoms with E-state index in [1.165, 1.54) is 22.3 Å². The maximum absolute atomic E-state index is 5.91. The van der Waals surface area contributed by atoms with E-state index < -0.39 is 0 Å². The average Bonchev–Trinajstić information content (AvgIpc) is 3.35. The first-order chi connectivity index (χ1) is 17.4. The quantitative estimate of drug-likeness (QED) is 0.299. The summed E-state index contributed by atoms with van der Waals surface area (Å²) in [6.07, 6.45) is 0.951. The Bertz CT molecular complexity index is 1470. The zero-order valence-electron chi connectivity index (χ0n) is 21.3. The number of aryl methyl sites for hydroxylation is 4. The van der Waals surface area contributed by atoms with Crippen molar-refractivity contribution in [2.75, 3.05) is 4.90 Å². The van der Waals surface area contributed by atoms with Gasteiger partial charge in [0.2, 0.25) is 5.82 Å². The SMILES string of the molecule is CCc1cccc(N2C(=S)NC(c3ccc(C)c(C)c3)C(c3nc(-c4ccc(C)cc4)no3)=C2C)c1. The standard InChI is InChI=1S/C30H30N4OS/c1-6-22-8-7-9-25(17-22)34-21(5)26(27(31-30(34)36)24-15-12-19(3)20(4)16-24)29-32-28(33-35-29)23-13-10-18(2)11-14-23/h7-17,27H,6H2,1-5H3,(H,31,36). The molecule has 36 heavy (non-hydrogen) atoms. The summed E-state index contributed by atoms with van der Waals surface area (Å²) >= 11 is 5.91. The van der Waals surface area contributed by atoms with Crippen molar-refractivity contribution in [1.82, 2.24) is 15.5 Å². The van der Waals surface area contributed by atoms with Crippen LogP contribution in [0.15, 0.2) is 77.0 Å². The van der Waals surface area contributed by atoms with Gasteiger partial charge in [0.1, 0.15) is 0 Å². The molecule has 4 aromatic rings. The summed E-state index contributed by atoms with van der Waals surface area (Å²) in [6.45, 7) is 10.5. The van der Waals surface area contributed by atoms with Crippen LogP contribution in [0, 0.1) is 20.8 Å². The maximum atomic E-state index is 5.91. The summed E-state index contributed by atoms with van der Waals surface area (Å²) in [7, 11) is 0. The lowest BCUT2D eigenvalue weighted by Crippen LogP contribution is -2.46. The highest BCUT2D eigenvalue weighted by atomic mass is 32.1. The van der Waals surface area contributed by atoms with Crippen molar-refractivity contribution >= 4 is 28.6 Å². The minimum Gasteiger partial charge on any atom is -0.351 e. The van der Waals surface area contributed by atoms with Gasteiger partial charge in [0.15, 0.2) is 5.11 Å². The molecule has 1 atom stereocenters. The second-order valence-corrected chi connectivity index (χ2v) is 9.76. The largest absolute Gasteiger partial charge is 0.351 e. The molecular formula is C30H30N4OS. The lowest BCUT2D eigenvalue weighted by atomic mass is 9.92. The van der Waals surface area contributed by atoms with Crippen molar-refractivity contribution in [3.05, 3.63) is 106 Å². The first-order valence-electron chi connectivity index (χ1n) is 12.2. The summed E-state index contributed by atoms with van der Waals surface area (Å²) in [5, 5.41) is 8.55. The van der Waals surface area contributed by atoms with Crippen LogP contribution in [-0.4, -0.2) is 15.3 Å². The molecule has 0 amide bonds. The molecule has 1 aromatic heterocycles. The number of benzene rings is 3. The molecule has 3 aromatic carbocycles. The number of hydrogen-bond donors (Lipinski definition) is 1. The number of aromatic nitrogens is 2. The van der Waals surface area contributed by atoms with Crippen LogP contribution in [0.3, 0.4) is 0 Å². The molecule has 5 rings (SSSR count). The van der Waals surface area contributed by atoms with Gasteiger partial charge in [0, 0.05) is 16.9 Å². The molecule has 1 unspecified atom stereocenters. The highest BCUT2D eigenvalue weighted by molar-refractivity contribution is 7.80. The average molecular weight is 495 g/mol. The van der Waals surface area contributed by atoms with E-state index in [0.717, 1.165) is 34.5 Å². The third-order valence-electron chi connectivity index (χ3n) is 6.89. The number of nitrogens with zero attached hydrogens (tertiary/aromatic N) is 3. The van der Waals surface area contributed by atoms with E-state index in [9.17, 15) is 0 Å². The Hall–Kier alpha value is -3.77. The van der Waals surface area contributed by atoms with E-state index in [2.05, 4.69) is 105 Å². The molecule has 6 heteroatoms. The fraction of sp³-hybridized carbons (Fsp3) is 0.233. The van der Waals surface area contributed by atoms with E-state index in [1.807, 2.05) is 12.1 Å². The summed E-state index contributed by atoms with van der Waals surface area (Å²) < 4.78 is 5.90. The van der Waals surface area contributed by atoms with Gasteiger partial charge in [-0.15, -0.1) is 0 Å². The minimum absolute atomic E-state index is 0.214. The van der Waals surface area contributed by atoms with Gasteiger partial charge in [-0.05, 0) is 80.7 Å². The molecule has 0 aliphatic carbocycles. The van der Waals surface area contributed by atoms with Crippen LogP contribution in [0.25, 0.3) is 17.0 Å². The van der Waals surface area contributed by atoms with Crippen LogP contribution in [0.4, 0.5) is 5.69 Å². The molecule has 1 N–H and O–H groups in total. The lowest BCUT2D eigenvalue weighted by Gasteiger charge is -2.37. The third kappa shape index (κ3) is 4.44. The van der Waals surface area contributed by atoms with Gasteiger partial charge in [0.25, 0.3) is 5.89 Å². The van der Waals surface area contributed by atoms with Crippen LogP contribution in [0.5, 0.6) is 0 Å². The van der Waals surface area contributed by atoms with Crippen molar-refractivity contribution in [2.24, 2.45) is 0 Å². The summed E-state index contributed by atoms with van der Waals surface area (Å²) in [4.78, 5) is 6.91. The van der Waals surface area contributed by atoms with Gasteiger partial charge in [-0.3, -0.25) is 4.90 Å². The monoisotopic (exact) mass is 494 g/mol. The molecule has 0 saturated heterocycles. The van der Waals surface area contributed by atoms with Crippen LogP contribution in [0.1, 0.15) is 53.6 Å². The fourth-order valence-corrected chi connectivity index (χ4v) is 4.95. The van der Waals surface area contributed by atoms with Gasteiger partial charge in [-0.25, -0.2) is 0 Å². The van der Waals surface area contributed by atoms with Crippen molar-refractivity contribution in [1.29, 1.82) is 0 Å². The molecule has 1 aliphatic heterocycles. The first-order valence-corrected chi connectivity index (χ1v) is 12.6. The third-order valence-corrected chi connectivity index (χ3v) is 7.19. The Balaban J connectivity index is 1.66. The topological polar surface area (TPSA) is 54.2 Å². The smallest absolute Gasteiger partial charge is 0.258 e. The number of nitrogens with one attached hydrogen (secondary N) is 1. The Morgan fingerprint density at radius 2 is 1.72 bits per heavy atom. The first kappa shape index (κ1) is 23.9. The Labute approximate surface area is 217 Å². The van der Waals surface area contributed by atoms with Gasteiger partial charge in [-0.2, -0.15) is 4.98 Å². The second kappa shape index (κ2) is 9.70. The predicted molar refractivity (Wildman–Crippen MR) is 150 cm³/mol. The van der Waals surface area contributed by atoms with Crippen LogP contribution < -0.4 is 10.2 Å². The van der Waals surface area contributed by atoms with Gasteiger partial charge >= 0.3 is 0 Å². The zero-order valence-corrected chi connectivity index (χ0v) is 22.1. The highest BCUT2D eigenvalue weighted by Gasteiger charge is 2.35. The van der Waals surface area contributed by atoms with Crippen LogP contribution >= 0.6 is 12.2 Å². The van der Waals surface area contributed by atoms with Crippen LogP contribution in [-0.2, 0) is 6.42 Å². The highest BCUT2D eigenvalue weighted by Crippen LogP contribution is 2.39.